The summed E-state index contributed by atoms with van der Waals surface area (Å²) in [6.45, 7) is 2.14. The van der Waals surface area contributed by atoms with Gasteiger partial charge < -0.3 is 10.6 Å². The molecule has 0 saturated carbocycles. The predicted octanol–water partition coefficient (Wildman–Crippen LogP) is 0.826. The van der Waals surface area contributed by atoms with E-state index >= 15 is 0 Å². The Labute approximate surface area is 89.8 Å². The molecule has 0 aromatic carbocycles. The molecule has 1 aromatic rings. The minimum Gasteiger partial charge on any atom is -0.355 e. The lowest BCUT2D eigenvalue weighted by Gasteiger charge is -2.30. The molecule has 2 heterocycles. The van der Waals surface area contributed by atoms with Crippen molar-refractivity contribution in [3.05, 3.63) is 11.3 Å². The number of anilines is 1. The monoisotopic (exact) mass is 206 g/mol. The van der Waals surface area contributed by atoms with Crippen LogP contribution in [0.3, 0.4) is 0 Å². The number of piperidine rings is 1. The van der Waals surface area contributed by atoms with Gasteiger partial charge in [-0.15, -0.1) is 0 Å². The van der Waals surface area contributed by atoms with E-state index in [9.17, 15) is 0 Å². The van der Waals surface area contributed by atoms with Gasteiger partial charge in [-0.05, 0) is 32.1 Å². The average molecular weight is 206 g/mol. The maximum absolute atomic E-state index is 5.91. The molecule has 3 N–H and O–H groups in total. The zero-order valence-electron chi connectivity index (χ0n) is 9.00. The number of aromatic nitrogens is 2. The van der Waals surface area contributed by atoms with Crippen LogP contribution in [-0.2, 0) is 12.8 Å². The van der Waals surface area contributed by atoms with Crippen LogP contribution < -0.4 is 10.6 Å². The Hall–Kier alpha value is -1.03. The highest BCUT2D eigenvalue weighted by atomic mass is 15.3. The van der Waals surface area contributed by atoms with E-state index in [2.05, 4.69) is 15.1 Å². The van der Waals surface area contributed by atoms with Gasteiger partial charge >= 0.3 is 0 Å². The fourth-order valence-corrected chi connectivity index (χ4v) is 2.67. The van der Waals surface area contributed by atoms with Crippen molar-refractivity contribution in [1.29, 1.82) is 0 Å². The molecule has 1 saturated heterocycles. The molecule has 1 fully saturated rings. The van der Waals surface area contributed by atoms with Crippen molar-refractivity contribution in [3.63, 3.8) is 0 Å². The summed E-state index contributed by atoms with van der Waals surface area (Å²) in [5, 5.41) is 7.62. The number of nitrogens with two attached hydrogens (primary N) is 1. The first-order chi connectivity index (χ1) is 7.34. The molecule has 1 aliphatic carbocycles. The second-order valence-corrected chi connectivity index (χ2v) is 4.68. The van der Waals surface area contributed by atoms with E-state index in [0.717, 1.165) is 25.9 Å². The molecule has 0 amide bonds. The molecule has 1 aromatic heterocycles. The lowest BCUT2D eigenvalue weighted by molar-refractivity contribution is 0.497. The van der Waals surface area contributed by atoms with Crippen molar-refractivity contribution in [3.8, 4) is 0 Å². The molecule has 82 valence electrons. The van der Waals surface area contributed by atoms with Crippen molar-refractivity contribution in [2.75, 3.05) is 18.0 Å². The van der Waals surface area contributed by atoms with Crippen LogP contribution in [0.25, 0.3) is 0 Å². The van der Waals surface area contributed by atoms with E-state index in [1.54, 1.807) is 0 Å². The SMILES string of the molecule is NC1CCN(c2n[nH]c3c2CCC3)CC1. The van der Waals surface area contributed by atoms with Gasteiger partial charge in [-0.25, -0.2) is 0 Å². The summed E-state index contributed by atoms with van der Waals surface area (Å²) in [5.74, 6) is 1.20. The van der Waals surface area contributed by atoms with Crippen molar-refractivity contribution >= 4 is 5.82 Å². The Bertz CT molecular complexity index is 349. The summed E-state index contributed by atoms with van der Waals surface area (Å²) in [6.07, 6.45) is 5.85. The van der Waals surface area contributed by atoms with Crippen LogP contribution in [0.2, 0.25) is 0 Å². The third-order valence-electron chi connectivity index (χ3n) is 3.62. The average Bonchev–Trinajstić information content (AvgIpc) is 2.80. The molecule has 1 aliphatic heterocycles. The van der Waals surface area contributed by atoms with Gasteiger partial charge in [-0.2, -0.15) is 5.10 Å². The van der Waals surface area contributed by atoms with Crippen molar-refractivity contribution < 1.29 is 0 Å². The number of nitrogens with zero attached hydrogens (tertiary/aromatic N) is 2. The second kappa shape index (κ2) is 3.52. The minimum absolute atomic E-state index is 0.397. The number of rotatable bonds is 1. The van der Waals surface area contributed by atoms with E-state index in [0.29, 0.717) is 6.04 Å². The fraction of sp³-hybridized carbons (Fsp3) is 0.727. The van der Waals surface area contributed by atoms with Crippen LogP contribution in [-0.4, -0.2) is 29.3 Å². The lowest BCUT2D eigenvalue weighted by atomic mass is 10.1. The Morgan fingerprint density at radius 3 is 2.87 bits per heavy atom. The highest BCUT2D eigenvalue weighted by Gasteiger charge is 2.24. The van der Waals surface area contributed by atoms with Crippen LogP contribution in [0.1, 0.15) is 30.5 Å². The standard InChI is InChI=1S/C11H18N4/c12-8-4-6-15(7-5-8)11-9-2-1-3-10(9)13-14-11/h8H,1-7,12H2,(H,13,14). The quantitative estimate of drug-likeness (QED) is 0.715. The van der Waals surface area contributed by atoms with Gasteiger partial charge in [-0.3, -0.25) is 5.10 Å². The van der Waals surface area contributed by atoms with Crippen LogP contribution in [0.5, 0.6) is 0 Å². The van der Waals surface area contributed by atoms with Gasteiger partial charge in [-0.1, -0.05) is 0 Å². The van der Waals surface area contributed by atoms with Crippen LogP contribution >= 0.6 is 0 Å². The van der Waals surface area contributed by atoms with Crippen molar-refractivity contribution in [1.82, 2.24) is 10.2 Å². The summed E-state index contributed by atoms with van der Waals surface area (Å²) in [4.78, 5) is 2.39. The summed E-state index contributed by atoms with van der Waals surface area (Å²) >= 11 is 0. The molecule has 0 unspecified atom stereocenters. The van der Waals surface area contributed by atoms with Gasteiger partial charge in [0.1, 0.15) is 0 Å². The van der Waals surface area contributed by atoms with Gasteiger partial charge in [0.05, 0.1) is 0 Å². The summed E-state index contributed by atoms with van der Waals surface area (Å²) in [6, 6.07) is 0.397. The van der Waals surface area contributed by atoms with Gasteiger partial charge in [0.15, 0.2) is 5.82 Å². The Kier molecular flexibility index (Phi) is 2.16. The van der Waals surface area contributed by atoms with E-state index in [1.807, 2.05) is 0 Å². The molecule has 0 radical (unpaired) electrons. The zero-order valence-corrected chi connectivity index (χ0v) is 9.00. The third kappa shape index (κ3) is 1.53. The smallest absolute Gasteiger partial charge is 0.153 e. The van der Waals surface area contributed by atoms with E-state index in [-0.39, 0.29) is 0 Å². The third-order valence-corrected chi connectivity index (χ3v) is 3.62. The summed E-state index contributed by atoms with van der Waals surface area (Å²) in [7, 11) is 0. The Morgan fingerprint density at radius 1 is 1.27 bits per heavy atom. The topological polar surface area (TPSA) is 57.9 Å². The molecule has 15 heavy (non-hydrogen) atoms. The summed E-state index contributed by atoms with van der Waals surface area (Å²) in [5.41, 5.74) is 8.73. The molecule has 0 spiro atoms. The van der Waals surface area contributed by atoms with E-state index < -0.39 is 0 Å². The summed E-state index contributed by atoms with van der Waals surface area (Å²) < 4.78 is 0. The number of H-pyrrole nitrogens is 1. The molecular weight excluding hydrogens is 188 g/mol. The number of nitrogens with one attached hydrogen (secondary N) is 1. The predicted molar refractivity (Wildman–Crippen MR) is 60.0 cm³/mol. The number of hydrogen-bond acceptors (Lipinski definition) is 3. The van der Waals surface area contributed by atoms with Gasteiger partial charge in [0.25, 0.3) is 0 Å². The van der Waals surface area contributed by atoms with Crippen LogP contribution in [0.15, 0.2) is 0 Å². The first-order valence-electron chi connectivity index (χ1n) is 5.91. The molecular formula is C11H18N4. The van der Waals surface area contributed by atoms with Gasteiger partial charge in [0.2, 0.25) is 0 Å². The maximum atomic E-state index is 5.91. The fourth-order valence-electron chi connectivity index (χ4n) is 2.67. The largest absolute Gasteiger partial charge is 0.355 e. The van der Waals surface area contributed by atoms with E-state index in [1.165, 1.54) is 36.3 Å². The number of aryl methyl sites for hydroxylation is 1. The molecule has 4 nitrogen and oxygen atoms in total. The van der Waals surface area contributed by atoms with Crippen molar-refractivity contribution in [2.24, 2.45) is 5.73 Å². The lowest BCUT2D eigenvalue weighted by Crippen LogP contribution is -2.40. The molecule has 4 heteroatoms. The van der Waals surface area contributed by atoms with Gasteiger partial charge in [0, 0.05) is 30.4 Å². The maximum Gasteiger partial charge on any atom is 0.153 e. The number of aromatic amines is 1. The normalized spacial score (nSPS) is 22.1. The highest BCUT2D eigenvalue weighted by Crippen LogP contribution is 2.30. The second-order valence-electron chi connectivity index (χ2n) is 4.68. The first-order valence-corrected chi connectivity index (χ1v) is 5.91. The van der Waals surface area contributed by atoms with E-state index in [4.69, 9.17) is 5.73 Å². The Morgan fingerprint density at radius 2 is 2.07 bits per heavy atom. The molecule has 0 atom stereocenters. The van der Waals surface area contributed by atoms with Crippen LogP contribution in [0, 0.1) is 0 Å². The van der Waals surface area contributed by atoms with Crippen molar-refractivity contribution in [2.45, 2.75) is 38.1 Å². The van der Waals surface area contributed by atoms with Crippen LogP contribution in [0.4, 0.5) is 5.82 Å². The highest BCUT2D eigenvalue weighted by molar-refractivity contribution is 5.51. The first kappa shape index (κ1) is 9.21. The number of fused-ring (bicyclic) bond motifs is 1. The molecule has 3 rings (SSSR count). The zero-order chi connectivity index (χ0) is 10.3. The molecule has 0 bridgehead atoms. The minimum atomic E-state index is 0.397. The Balaban J connectivity index is 1.81. The number of hydrogen-bond donors (Lipinski definition) is 2. The molecule has 2 aliphatic rings.